The predicted molar refractivity (Wildman–Crippen MR) is 241 cm³/mol. The van der Waals surface area contributed by atoms with E-state index >= 15 is 0 Å². The zero-order valence-electron chi connectivity index (χ0n) is 39.3. The van der Waals surface area contributed by atoms with Crippen molar-refractivity contribution in [2.75, 3.05) is 27.2 Å². The molecule has 1 aliphatic heterocycles. The minimum Gasteiger partial charge on any atom is -0.456 e. The highest BCUT2D eigenvalue weighted by molar-refractivity contribution is 5.98. The van der Waals surface area contributed by atoms with E-state index in [2.05, 4.69) is 21.3 Å². The van der Waals surface area contributed by atoms with Crippen molar-refractivity contribution in [2.24, 2.45) is 23.5 Å². The zero-order valence-corrected chi connectivity index (χ0v) is 39.3. The first-order valence-corrected chi connectivity index (χ1v) is 22.3. The average molecular weight is 884 g/mol. The van der Waals surface area contributed by atoms with E-state index in [1.807, 2.05) is 47.6 Å². The molecule has 15 nitrogen and oxygen atoms in total. The van der Waals surface area contributed by atoms with Crippen LogP contribution < -0.4 is 27.0 Å². The normalized spacial score (nSPS) is 26.6. The summed E-state index contributed by atoms with van der Waals surface area (Å²) in [7, 11) is 2.82. The van der Waals surface area contributed by atoms with Crippen molar-refractivity contribution in [1.29, 1.82) is 0 Å². The van der Waals surface area contributed by atoms with E-state index in [0.717, 1.165) is 10.5 Å². The molecular formula is C47H74FN7O8. The lowest BCUT2D eigenvalue weighted by Gasteiger charge is -2.34. The predicted octanol–water partition coefficient (Wildman–Crippen LogP) is 4.09. The summed E-state index contributed by atoms with van der Waals surface area (Å²) >= 11 is 0. The largest absolute Gasteiger partial charge is 0.456 e. The van der Waals surface area contributed by atoms with E-state index < -0.39 is 90.1 Å². The van der Waals surface area contributed by atoms with Gasteiger partial charge < -0.3 is 41.5 Å². The Morgan fingerprint density at radius 3 is 2.16 bits per heavy atom. The number of ether oxygens (including phenoxy) is 1. The van der Waals surface area contributed by atoms with Crippen LogP contribution in [0.2, 0.25) is 0 Å². The molecule has 0 saturated heterocycles. The van der Waals surface area contributed by atoms with Crippen LogP contribution in [0.3, 0.4) is 0 Å². The van der Waals surface area contributed by atoms with Crippen molar-refractivity contribution < 1.29 is 42.7 Å². The number of halogens is 1. The molecule has 16 heteroatoms. The van der Waals surface area contributed by atoms with Gasteiger partial charge in [0.2, 0.25) is 35.4 Å². The molecule has 1 aromatic rings. The van der Waals surface area contributed by atoms with Gasteiger partial charge in [-0.1, -0.05) is 65.3 Å². The first-order chi connectivity index (χ1) is 29.6. The van der Waals surface area contributed by atoms with Crippen molar-refractivity contribution in [3.63, 3.8) is 0 Å². The Balaban J connectivity index is 2.70. The van der Waals surface area contributed by atoms with Crippen LogP contribution >= 0.6 is 0 Å². The number of carbonyl (C=O) groups is 7. The number of amides is 6. The third kappa shape index (κ3) is 17.2. The molecule has 1 aromatic carbocycles. The Hall–Kier alpha value is -5.12. The number of esters is 1. The maximum absolute atomic E-state index is 14.5. The van der Waals surface area contributed by atoms with Crippen LogP contribution in [0, 0.1) is 23.6 Å². The summed E-state index contributed by atoms with van der Waals surface area (Å²) in [4.78, 5) is 99.8. The second-order valence-electron chi connectivity index (χ2n) is 17.5. The standard InChI is InChI=1S/C47H74FN7O8/c1-12-29(5)40-44(59)50-33(9)47(62)63-41(30(6)13-2)31(7)17-16-18-32(8)42(57)52-37(25-28(3)4)43(58)51-36(19-14-15-24-49)45(60)55(11)38(26-34-20-22-35(48)23-21-34)46(61)54(10)27-39(56)53-40/h13,18,20-23,28-29,31,33,36-38,40-41H,12,14-17,19,24-27,49H2,1-11H3,(H,50,59)(H,51,58)(H,52,57)(H,53,56)/b30-13+,32-18+/t29?,31-,33+,36-,37+,38+,40-,41+/m0/s1. The van der Waals surface area contributed by atoms with Gasteiger partial charge in [0.25, 0.3) is 0 Å². The number of cyclic esters (lactones) is 1. The summed E-state index contributed by atoms with van der Waals surface area (Å²) < 4.78 is 19.9. The van der Waals surface area contributed by atoms with Crippen molar-refractivity contribution >= 4 is 41.4 Å². The monoisotopic (exact) mass is 884 g/mol. The molecule has 6 amide bonds. The molecule has 8 atom stereocenters. The lowest BCUT2D eigenvalue weighted by atomic mass is 9.93. The van der Waals surface area contributed by atoms with E-state index in [1.165, 1.54) is 50.2 Å². The number of benzene rings is 1. The topological polar surface area (TPSA) is 209 Å². The first kappa shape index (κ1) is 54.0. The van der Waals surface area contributed by atoms with Gasteiger partial charge in [-0.05, 0) is 114 Å². The molecule has 0 aliphatic carbocycles. The van der Waals surface area contributed by atoms with Gasteiger partial charge in [0.05, 0.1) is 6.54 Å². The van der Waals surface area contributed by atoms with Gasteiger partial charge in [-0.15, -0.1) is 0 Å². The number of carbonyl (C=O) groups excluding carboxylic acids is 7. The lowest BCUT2D eigenvalue weighted by Crippen LogP contribution is -2.58. The summed E-state index contributed by atoms with van der Waals surface area (Å²) in [6.07, 6.45) is 5.87. The fraction of sp³-hybridized carbons (Fsp3) is 0.638. The van der Waals surface area contributed by atoms with Gasteiger partial charge in [-0.25, -0.2) is 9.18 Å². The Bertz CT molecular complexity index is 1780. The number of nitrogens with two attached hydrogens (primary N) is 1. The molecule has 0 spiro atoms. The number of likely N-dealkylation sites (N-methyl/N-ethyl adjacent to an activating group) is 2. The van der Waals surface area contributed by atoms with Crippen LogP contribution in [0.25, 0.3) is 0 Å². The average Bonchev–Trinajstić information content (AvgIpc) is 3.24. The van der Waals surface area contributed by atoms with E-state index in [-0.39, 0.29) is 37.0 Å². The van der Waals surface area contributed by atoms with Gasteiger partial charge in [0.15, 0.2) is 0 Å². The van der Waals surface area contributed by atoms with E-state index in [9.17, 15) is 38.0 Å². The maximum Gasteiger partial charge on any atom is 0.328 e. The Labute approximate surface area is 373 Å². The van der Waals surface area contributed by atoms with Crippen molar-refractivity contribution in [2.45, 2.75) is 150 Å². The second-order valence-corrected chi connectivity index (χ2v) is 17.5. The first-order valence-electron chi connectivity index (χ1n) is 22.3. The number of unbranched alkanes of at least 4 members (excludes halogenated alkanes) is 1. The number of nitrogens with one attached hydrogen (secondary N) is 4. The van der Waals surface area contributed by atoms with Crippen LogP contribution in [-0.4, -0.2) is 115 Å². The quantitative estimate of drug-likeness (QED) is 0.123. The molecule has 1 heterocycles. The van der Waals surface area contributed by atoms with Crippen molar-refractivity contribution in [1.82, 2.24) is 31.1 Å². The minimum atomic E-state index is -1.22. The number of rotatable bonds is 11. The Morgan fingerprint density at radius 1 is 0.921 bits per heavy atom. The zero-order chi connectivity index (χ0) is 47.6. The summed E-state index contributed by atoms with van der Waals surface area (Å²) in [5.41, 5.74) is 7.50. The van der Waals surface area contributed by atoms with Gasteiger partial charge >= 0.3 is 5.97 Å². The second kappa shape index (κ2) is 26.5. The van der Waals surface area contributed by atoms with Gasteiger partial charge in [0.1, 0.15) is 42.1 Å². The third-order valence-electron chi connectivity index (χ3n) is 11.7. The maximum atomic E-state index is 14.5. The number of hydrogen-bond acceptors (Lipinski definition) is 9. The lowest BCUT2D eigenvalue weighted by molar-refractivity contribution is -0.153. The molecule has 63 heavy (non-hydrogen) atoms. The summed E-state index contributed by atoms with van der Waals surface area (Å²) in [6, 6.07) is -0.0269. The highest BCUT2D eigenvalue weighted by Crippen LogP contribution is 2.23. The third-order valence-corrected chi connectivity index (χ3v) is 11.7. The van der Waals surface area contributed by atoms with Crippen LogP contribution in [0.4, 0.5) is 4.39 Å². The Kier molecular flexibility index (Phi) is 22.7. The van der Waals surface area contributed by atoms with Crippen LogP contribution in [0.1, 0.15) is 113 Å². The summed E-state index contributed by atoms with van der Waals surface area (Å²) in [5, 5.41) is 11.2. The van der Waals surface area contributed by atoms with E-state index in [1.54, 1.807) is 19.9 Å². The number of allylic oxidation sites excluding steroid dienone is 2. The molecule has 352 valence electrons. The molecule has 0 radical (unpaired) electrons. The molecular weight excluding hydrogens is 810 g/mol. The van der Waals surface area contributed by atoms with Crippen LogP contribution in [-0.2, 0) is 44.7 Å². The SMILES string of the molecule is C/C=C(\C)[C@H]1OC(=O)[C@@H](C)NC(=O)[C@H](C(C)CC)NC(=O)CN(C)C(=O)[C@@H](Cc2ccc(F)cc2)N(C)C(=O)[C@H](CCCCN)NC(=O)[C@@H](CC(C)C)NC(=O)/C(C)=C/CC[C@@H]1C. The summed E-state index contributed by atoms with van der Waals surface area (Å²) in [5.74, 6) is -5.27. The molecule has 2 rings (SSSR count). The molecule has 0 saturated carbocycles. The number of nitrogens with zero attached hydrogens (tertiary/aromatic N) is 2. The van der Waals surface area contributed by atoms with Gasteiger partial charge in [-0.3, -0.25) is 28.8 Å². The smallest absolute Gasteiger partial charge is 0.328 e. The fourth-order valence-electron chi connectivity index (χ4n) is 7.32. The van der Waals surface area contributed by atoms with Gasteiger partial charge in [0, 0.05) is 26.1 Å². The van der Waals surface area contributed by atoms with E-state index in [4.69, 9.17) is 10.5 Å². The molecule has 0 fully saturated rings. The van der Waals surface area contributed by atoms with Crippen molar-refractivity contribution in [3.8, 4) is 0 Å². The molecule has 0 aromatic heterocycles. The van der Waals surface area contributed by atoms with Gasteiger partial charge in [-0.2, -0.15) is 0 Å². The molecule has 6 N–H and O–H groups in total. The minimum absolute atomic E-state index is 0.0166. The highest BCUT2D eigenvalue weighted by atomic mass is 19.1. The number of hydrogen-bond donors (Lipinski definition) is 5. The molecule has 1 aliphatic rings. The Morgan fingerprint density at radius 2 is 1.57 bits per heavy atom. The fourth-order valence-corrected chi connectivity index (χ4v) is 7.32. The molecule has 1 unspecified atom stereocenters. The van der Waals surface area contributed by atoms with Crippen LogP contribution in [0.5, 0.6) is 0 Å². The van der Waals surface area contributed by atoms with Crippen LogP contribution in [0.15, 0.2) is 47.6 Å². The highest BCUT2D eigenvalue weighted by Gasteiger charge is 2.37. The van der Waals surface area contributed by atoms with E-state index in [0.29, 0.717) is 49.8 Å². The summed E-state index contributed by atoms with van der Waals surface area (Å²) in [6.45, 7) is 16.1. The molecule has 0 bridgehead atoms. The van der Waals surface area contributed by atoms with Crippen molar-refractivity contribution in [3.05, 3.63) is 58.9 Å².